The Morgan fingerprint density at radius 3 is 2.62 bits per heavy atom. The molecule has 0 aliphatic carbocycles. The minimum absolute atomic E-state index is 0.00898. The molecule has 1 amide bonds. The molecule has 0 saturated carbocycles. The first-order valence-electron chi connectivity index (χ1n) is 10.6. The molecule has 1 aromatic carbocycles. The summed E-state index contributed by atoms with van der Waals surface area (Å²) in [6, 6.07) is 12.8. The molecule has 2 aromatic rings. The summed E-state index contributed by atoms with van der Waals surface area (Å²) in [5.74, 6) is 1.96. The summed E-state index contributed by atoms with van der Waals surface area (Å²) in [7, 11) is 1.69. The normalized spacial score (nSPS) is 19.8. The molecule has 1 fully saturated rings. The van der Waals surface area contributed by atoms with Crippen molar-refractivity contribution in [1.82, 2.24) is 9.80 Å². The van der Waals surface area contributed by atoms with Crippen molar-refractivity contribution < 1.29 is 13.9 Å². The van der Waals surface area contributed by atoms with E-state index in [1.807, 2.05) is 30.9 Å². The quantitative estimate of drug-likeness (QED) is 0.642. The van der Waals surface area contributed by atoms with Gasteiger partial charge in [0.05, 0.1) is 19.4 Å². The third-order valence-corrected chi connectivity index (χ3v) is 5.81. The Morgan fingerprint density at radius 2 is 2.00 bits per heavy atom. The van der Waals surface area contributed by atoms with Crippen LogP contribution in [-0.2, 0) is 16.1 Å². The highest BCUT2D eigenvalue weighted by molar-refractivity contribution is 5.78. The Kier molecular flexibility index (Phi) is 7.51. The Labute approximate surface area is 174 Å². The SMILES string of the molecule is COCCN(CC1CN(Cc2ccco2)CC1c1ccc(C)cc1)C(=O)C(C)C. The number of carbonyl (C=O) groups is 1. The lowest BCUT2D eigenvalue weighted by Gasteiger charge is -2.29. The second kappa shape index (κ2) is 10.1. The van der Waals surface area contributed by atoms with Crippen LogP contribution < -0.4 is 0 Å². The highest BCUT2D eigenvalue weighted by atomic mass is 16.5. The van der Waals surface area contributed by atoms with Crippen molar-refractivity contribution in [3.05, 3.63) is 59.5 Å². The van der Waals surface area contributed by atoms with E-state index in [0.29, 0.717) is 25.0 Å². The number of benzene rings is 1. The number of hydrogen-bond donors (Lipinski definition) is 0. The molecule has 1 saturated heterocycles. The van der Waals surface area contributed by atoms with Crippen LogP contribution in [0.25, 0.3) is 0 Å². The topological polar surface area (TPSA) is 45.9 Å². The maximum Gasteiger partial charge on any atom is 0.225 e. The zero-order valence-electron chi connectivity index (χ0n) is 18.1. The van der Waals surface area contributed by atoms with E-state index in [2.05, 4.69) is 36.1 Å². The molecule has 2 unspecified atom stereocenters. The fourth-order valence-electron chi connectivity index (χ4n) is 4.23. The minimum atomic E-state index is -0.00898. The third kappa shape index (κ3) is 5.71. The molecule has 0 bridgehead atoms. The standard InChI is InChI=1S/C24H34N2O3/c1-18(2)24(27)26(11-13-28-4)15-21-14-25(16-22-6-5-12-29-22)17-23(21)20-9-7-19(3)8-10-20/h5-10,12,18,21,23H,11,13-17H2,1-4H3. The molecule has 29 heavy (non-hydrogen) atoms. The van der Waals surface area contributed by atoms with Crippen molar-refractivity contribution in [1.29, 1.82) is 0 Å². The molecule has 5 nitrogen and oxygen atoms in total. The first kappa shape index (κ1) is 21.6. The minimum Gasteiger partial charge on any atom is -0.468 e. The fraction of sp³-hybridized carbons (Fsp3) is 0.542. The summed E-state index contributed by atoms with van der Waals surface area (Å²) >= 11 is 0. The molecule has 2 heterocycles. The summed E-state index contributed by atoms with van der Waals surface area (Å²) in [6.07, 6.45) is 1.73. The van der Waals surface area contributed by atoms with Crippen molar-refractivity contribution in [2.75, 3.05) is 39.9 Å². The maximum absolute atomic E-state index is 12.8. The Hall–Kier alpha value is -2.11. The second-order valence-electron chi connectivity index (χ2n) is 8.48. The van der Waals surface area contributed by atoms with Gasteiger partial charge >= 0.3 is 0 Å². The van der Waals surface area contributed by atoms with Crippen LogP contribution in [0.3, 0.4) is 0 Å². The Balaban J connectivity index is 1.78. The van der Waals surface area contributed by atoms with Gasteiger partial charge in [0.15, 0.2) is 0 Å². The predicted octanol–water partition coefficient (Wildman–Crippen LogP) is 3.93. The van der Waals surface area contributed by atoms with Crippen LogP contribution in [-0.4, -0.2) is 55.6 Å². The van der Waals surface area contributed by atoms with E-state index in [4.69, 9.17) is 9.15 Å². The van der Waals surface area contributed by atoms with Gasteiger partial charge in [-0.25, -0.2) is 0 Å². The number of furan rings is 1. The van der Waals surface area contributed by atoms with Gasteiger partial charge in [0, 0.05) is 45.1 Å². The fourth-order valence-corrected chi connectivity index (χ4v) is 4.23. The first-order valence-corrected chi connectivity index (χ1v) is 10.6. The third-order valence-electron chi connectivity index (χ3n) is 5.81. The number of hydrogen-bond acceptors (Lipinski definition) is 4. The van der Waals surface area contributed by atoms with Gasteiger partial charge in [0.25, 0.3) is 0 Å². The number of ether oxygens (including phenoxy) is 1. The molecular formula is C24H34N2O3. The first-order chi connectivity index (χ1) is 14.0. The van der Waals surface area contributed by atoms with Crippen molar-refractivity contribution in [3.63, 3.8) is 0 Å². The summed E-state index contributed by atoms with van der Waals surface area (Å²) in [4.78, 5) is 17.2. The van der Waals surface area contributed by atoms with E-state index in [9.17, 15) is 4.79 Å². The van der Waals surface area contributed by atoms with E-state index >= 15 is 0 Å². The van der Waals surface area contributed by atoms with Gasteiger partial charge in [0.1, 0.15) is 5.76 Å². The highest BCUT2D eigenvalue weighted by Gasteiger charge is 2.36. The summed E-state index contributed by atoms with van der Waals surface area (Å²) in [6.45, 7) is 10.8. The lowest BCUT2D eigenvalue weighted by molar-refractivity contribution is -0.135. The van der Waals surface area contributed by atoms with E-state index in [1.165, 1.54) is 11.1 Å². The van der Waals surface area contributed by atoms with Gasteiger partial charge in [0.2, 0.25) is 5.91 Å². The molecule has 5 heteroatoms. The molecule has 2 atom stereocenters. The summed E-state index contributed by atoms with van der Waals surface area (Å²) in [5.41, 5.74) is 2.62. The number of nitrogens with zero attached hydrogens (tertiary/aromatic N) is 2. The van der Waals surface area contributed by atoms with Gasteiger partial charge in [-0.15, -0.1) is 0 Å². The van der Waals surface area contributed by atoms with Crippen molar-refractivity contribution in [3.8, 4) is 0 Å². The van der Waals surface area contributed by atoms with Crippen LogP contribution in [0, 0.1) is 18.8 Å². The summed E-state index contributed by atoms with van der Waals surface area (Å²) in [5, 5.41) is 0. The van der Waals surface area contributed by atoms with Crippen LogP contribution in [0.15, 0.2) is 47.1 Å². The van der Waals surface area contributed by atoms with Gasteiger partial charge < -0.3 is 14.1 Å². The number of likely N-dealkylation sites (tertiary alicyclic amines) is 1. The van der Waals surface area contributed by atoms with Crippen molar-refractivity contribution >= 4 is 5.91 Å². The number of amides is 1. The largest absolute Gasteiger partial charge is 0.468 e. The smallest absolute Gasteiger partial charge is 0.225 e. The number of aryl methyl sites for hydroxylation is 1. The van der Waals surface area contributed by atoms with Gasteiger partial charge in [-0.05, 0) is 30.5 Å². The number of methoxy groups -OCH3 is 1. The number of rotatable bonds is 9. The van der Waals surface area contributed by atoms with Crippen LogP contribution >= 0.6 is 0 Å². The van der Waals surface area contributed by atoms with Crippen molar-refractivity contribution in [2.24, 2.45) is 11.8 Å². The Morgan fingerprint density at radius 1 is 1.24 bits per heavy atom. The van der Waals surface area contributed by atoms with Crippen molar-refractivity contribution in [2.45, 2.75) is 33.2 Å². The summed E-state index contributed by atoms with van der Waals surface area (Å²) < 4.78 is 10.8. The molecule has 1 aromatic heterocycles. The van der Waals surface area contributed by atoms with Crippen LogP contribution in [0.2, 0.25) is 0 Å². The molecule has 1 aliphatic rings. The zero-order chi connectivity index (χ0) is 20.8. The van der Waals surface area contributed by atoms with Gasteiger partial charge in [-0.1, -0.05) is 43.7 Å². The lowest BCUT2D eigenvalue weighted by Crippen LogP contribution is -2.41. The van der Waals surface area contributed by atoms with Gasteiger partial charge in [-0.2, -0.15) is 0 Å². The van der Waals surface area contributed by atoms with E-state index in [0.717, 1.165) is 31.9 Å². The van der Waals surface area contributed by atoms with Gasteiger partial charge in [-0.3, -0.25) is 9.69 Å². The monoisotopic (exact) mass is 398 g/mol. The lowest BCUT2D eigenvalue weighted by atomic mass is 9.88. The predicted molar refractivity (Wildman–Crippen MR) is 115 cm³/mol. The molecular weight excluding hydrogens is 364 g/mol. The molecule has 0 spiro atoms. The van der Waals surface area contributed by atoms with Crippen LogP contribution in [0.4, 0.5) is 0 Å². The molecule has 3 rings (SSSR count). The molecule has 0 N–H and O–H groups in total. The van der Waals surface area contributed by atoms with E-state index in [-0.39, 0.29) is 11.8 Å². The number of carbonyl (C=O) groups excluding carboxylic acids is 1. The molecule has 0 radical (unpaired) electrons. The molecule has 158 valence electrons. The van der Waals surface area contributed by atoms with E-state index < -0.39 is 0 Å². The Bertz CT molecular complexity index is 755. The van der Waals surface area contributed by atoms with Crippen LogP contribution in [0.1, 0.15) is 36.7 Å². The zero-order valence-corrected chi connectivity index (χ0v) is 18.1. The molecule has 1 aliphatic heterocycles. The average Bonchev–Trinajstić information content (AvgIpc) is 3.35. The maximum atomic E-state index is 12.8. The average molecular weight is 399 g/mol. The van der Waals surface area contributed by atoms with E-state index in [1.54, 1.807) is 13.4 Å². The van der Waals surface area contributed by atoms with Crippen LogP contribution in [0.5, 0.6) is 0 Å². The second-order valence-corrected chi connectivity index (χ2v) is 8.48. The highest BCUT2D eigenvalue weighted by Crippen LogP contribution is 2.34.